The van der Waals surface area contributed by atoms with Crippen molar-refractivity contribution >= 4 is 6.21 Å². The largest absolute Gasteiger partial charge is 0.320 e. The number of nitrogens with zero attached hydrogens (tertiary/aromatic N) is 2. The standard InChI is InChI=1S/C8H6N2/c1-2-8-9-3-4-10(8)7-5-6(1)7/h1-3,5H,4H2. The summed E-state index contributed by atoms with van der Waals surface area (Å²) in [6, 6.07) is 0. The van der Waals surface area contributed by atoms with Crippen molar-refractivity contribution in [2.45, 2.75) is 0 Å². The van der Waals surface area contributed by atoms with Crippen molar-refractivity contribution in [2.24, 2.45) is 4.99 Å². The normalized spacial score (nSPS) is 24.8. The summed E-state index contributed by atoms with van der Waals surface area (Å²) in [6.45, 7) is 0.953. The van der Waals surface area contributed by atoms with Gasteiger partial charge in [-0.3, -0.25) is 0 Å². The van der Waals surface area contributed by atoms with E-state index < -0.39 is 0 Å². The summed E-state index contributed by atoms with van der Waals surface area (Å²) < 4.78 is 0. The van der Waals surface area contributed by atoms with Gasteiger partial charge in [-0.25, -0.2) is 4.99 Å². The molecule has 0 aromatic rings. The number of allylic oxidation sites excluding steroid dienone is 4. The van der Waals surface area contributed by atoms with Crippen LogP contribution in [0.4, 0.5) is 0 Å². The SMILES string of the molecule is C1=NC2=CC=C3C=C3N2C1. The first-order valence-corrected chi connectivity index (χ1v) is 3.39. The molecule has 3 rings (SSSR count). The maximum Gasteiger partial charge on any atom is 0.132 e. The molecule has 0 amide bonds. The van der Waals surface area contributed by atoms with Crippen LogP contribution < -0.4 is 0 Å². The second-order valence-corrected chi connectivity index (χ2v) is 2.60. The molecule has 0 fully saturated rings. The maximum atomic E-state index is 4.21. The highest BCUT2D eigenvalue weighted by Crippen LogP contribution is 2.38. The first kappa shape index (κ1) is 4.50. The van der Waals surface area contributed by atoms with E-state index in [4.69, 9.17) is 0 Å². The van der Waals surface area contributed by atoms with E-state index in [0.29, 0.717) is 0 Å². The van der Waals surface area contributed by atoms with Gasteiger partial charge < -0.3 is 4.90 Å². The van der Waals surface area contributed by atoms with Crippen LogP contribution in [-0.2, 0) is 0 Å². The highest BCUT2D eigenvalue weighted by Gasteiger charge is 2.29. The Morgan fingerprint density at radius 2 is 2.40 bits per heavy atom. The molecule has 0 saturated carbocycles. The third-order valence-electron chi connectivity index (χ3n) is 1.97. The van der Waals surface area contributed by atoms with Crippen molar-refractivity contribution in [1.82, 2.24) is 4.90 Å². The van der Waals surface area contributed by atoms with Gasteiger partial charge in [-0.05, 0) is 18.2 Å². The van der Waals surface area contributed by atoms with Gasteiger partial charge in [-0.15, -0.1) is 0 Å². The molecule has 0 radical (unpaired) electrons. The van der Waals surface area contributed by atoms with E-state index in [2.05, 4.69) is 28.1 Å². The Labute approximate surface area is 58.9 Å². The van der Waals surface area contributed by atoms with Crippen LogP contribution in [0.15, 0.2) is 40.3 Å². The van der Waals surface area contributed by atoms with Crippen LogP contribution >= 0.6 is 0 Å². The van der Waals surface area contributed by atoms with Gasteiger partial charge >= 0.3 is 0 Å². The fourth-order valence-corrected chi connectivity index (χ4v) is 1.38. The van der Waals surface area contributed by atoms with Crippen LogP contribution in [0.2, 0.25) is 0 Å². The minimum atomic E-state index is 0.953. The molecule has 0 atom stereocenters. The van der Waals surface area contributed by atoms with E-state index >= 15 is 0 Å². The molecule has 2 aliphatic heterocycles. The quantitative estimate of drug-likeness (QED) is 0.478. The molecule has 0 spiro atoms. The van der Waals surface area contributed by atoms with E-state index in [9.17, 15) is 0 Å². The first-order chi connectivity index (χ1) is 4.95. The summed E-state index contributed by atoms with van der Waals surface area (Å²) in [5, 5.41) is 0. The minimum Gasteiger partial charge on any atom is -0.320 e. The van der Waals surface area contributed by atoms with Crippen molar-refractivity contribution in [3.05, 3.63) is 35.3 Å². The topological polar surface area (TPSA) is 15.6 Å². The molecule has 0 bridgehead atoms. The van der Waals surface area contributed by atoms with Crippen LogP contribution in [0.5, 0.6) is 0 Å². The highest BCUT2D eigenvalue weighted by atomic mass is 15.3. The number of aliphatic imine (C=N–C) groups is 1. The lowest BCUT2D eigenvalue weighted by Gasteiger charge is -2.15. The average molecular weight is 130 g/mol. The van der Waals surface area contributed by atoms with Gasteiger partial charge in [0.15, 0.2) is 0 Å². The van der Waals surface area contributed by atoms with Crippen molar-refractivity contribution in [3.63, 3.8) is 0 Å². The highest BCUT2D eigenvalue weighted by molar-refractivity contribution is 5.71. The van der Waals surface area contributed by atoms with Crippen LogP contribution in [0.3, 0.4) is 0 Å². The molecule has 2 heterocycles. The molecule has 0 aromatic heterocycles. The summed E-state index contributed by atoms with van der Waals surface area (Å²) in [5.74, 6) is 1.09. The first-order valence-electron chi connectivity index (χ1n) is 3.39. The minimum absolute atomic E-state index is 0.953. The van der Waals surface area contributed by atoms with Gasteiger partial charge in [0.05, 0.1) is 12.2 Å². The second kappa shape index (κ2) is 1.24. The molecule has 0 unspecified atom stereocenters. The maximum absolute atomic E-state index is 4.21. The van der Waals surface area contributed by atoms with E-state index in [-0.39, 0.29) is 0 Å². The monoisotopic (exact) mass is 130 g/mol. The summed E-state index contributed by atoms with van der Waals surface area (Å²) in [7, 11) is 0. The zero-order chi connectivity index (χ0) is 6.55. The summed E-state index contributed by atoms with van der Waals surface area (Å²) >= 11 is 0. The molecule has 48 valence electrons. The van der Waals surface area contributed by atoms with E-state index in [1.165, 1.54) is 11.3 Å². The van der Waals surface area contributed by atoms with Gasteiger partial charge in [0, 0.05) is 11.8 Å². The summed E-state index contributed by atoms with van der Waals surface area (Å²) in [4.78, 5) is 6.43. The Bertz CT molecular complexity index is 318. The zero-order valence-electron chi connectivity index (χ0n) is 5.41. The number of hydrogen-bond donors (Lipinski definition) is 0. The molecular weight excluding hydrogens is 124 g/mol. The number of hydrogen-bond acceptors (Lipinski definition) is 2. The van der Waals surface area contributed by atoms with Crippen molar-refractivity contribution in [2.75, 3.05) is 6.54 Å². The molecule has 0 N–H and O–H groups in total. The second-order valence-electron chi connectivity index (χ2n) is 2.60. The number of fused-ring (bicyclic) bond motifs is 3. The summed E-state index contributed by atoms with van der Waals surface area (Å²) in [5.41, 5.74) is 2.73. The Hall–Kier alpha value is -1.31. The van der Waals surface area contributed by atoms with Gasteiger partial charge in [0.25, 0.3) is 0 Å². The van der Waals surface area contributed by atoms with Crippen LogP contribution in [-0.4, -0.2) is 17.7 Å². The third kappa shape index (κ3) is 0.386. The van der Waals surface area contributed by atoms with Gasteiger partial charge in [-0.2, -0.15) is 0 Å². The molecule has 3 aliphatic rings. The Balaban J connectivity index is 2.15. The molecule has 10 heavy (non-hydrogen) atoms. The van der Waals surface area contributed by atoms with Crippen molar-refractivity contribution in [3.8, 4) is 0 Å². The summed E-state index contributed by atoms with van der Waals surface area (Å²) in [6.07, 6.45) is 8.30. The molecule has 2 heteroatoms. The lowest BCUT2D eigenvalue weighted by atomic mass is 10.3. The van der Waals surface area contributed by atoms with E-state index in [0.717, 1.165) is 12.4 Å². The van der Waals surface area contributed by atoms with E-state index in [1.807, 2.05) is 6.21 Å². The number of rotatable bonds is 0. The molecule has 0 saturated heterocycles. The van der Waals surface area contributed by atoms with E-state index in [1.54, 1.807) is 0 Å². The molecule has 0 aromatic carbocycles. The molecule has 1 aliphatic carbocycles. The van der Waals surface area contributed by atoms with Gasteiger partial charge in [0.1, 0.15) is 5.82 Å². The Kier molecular flexibility index (Phi) is 0.556. The predicted octanol–water partition coefficient (Wildman–Crippen LogP) is 1.05. The Morgan fingerprint density at radius 1 is 1.40 bits per heavy atom. The molecule has 2 nitrogen and oxygen atoms in total. The predicted molar refractivity (Wildman–Crippen MR) is 39.4 cm³/mol. The van der Waals surface area contributed by atoms with Crippen LogP contribution in [0, 0.1) is 0 Å². The van der Waals surface area contributed by atoms with Crippen molar-refractivity contribution in [1.29, 1.82) is 0 Å². The smallest absolute Gasteiger partial charge is 0.132 e. The third-order valence-corrected chi connectivity index (χ3v) is 1.97. The molecular formula is C8H6N2. The lowest BCUT2D eigenvalue weighted by Crippen LogP contribution is -2.15. The lowest BCUT2D eigenvalue weighted by molar-refractivity contribution is 0.532. The van der Waals surface area contributed by atoms with Gasteiger partial charge in [-0.1, -0.05) is 0 Å². The fourth-order valence-electron chi connectivity index (χ4n) is 1.38. The van der Waals surface area contributed by atoms with Gasteiger partial charge in [0.2, 0.25) is 0 Å². The van der Waals surface area contributed by atoms with Crippen LogP contribution in [0.25, 0.3) is 0 Å². The zero-order valence-corrected chi connectivity index (χ0v) is 5.41. The fraction of sp³-hybridized carbons (Fsp3) is 0.125. The Morgan fingerprint density at radius 3 is 3.40 bits per heavy atom. The van der Waals surface area contributed by atoms with Crippen LogP contribution in [0.1, 0.15) is 0 Å². The average Bonchev–Trinajstić information content (AvgIpc) is 2.60. The van der Waals surface area contributed by atoms with Crippen molar-refractivity contribution < 1.29 is 0 Å².